The lowest BCUT2D eigenvalue weighted by Gasteiger charge is -2.21. The Morgan fingerprint density at radius 1 is 0.906 bits per heavy atom. The first kappa shape index (κ1) is 22.1. The van der Waals surface area contributed by atoms with Gasteiger partial charge in [-0.05, 0) is 59.0 Å². The van der Waals surface area contributed by atoms with Crippen molar-refractivity contribution in [3.63, 3.8) is 0 Å². The molecule has 164 valence electrons. The monoisotopic (exact) mass is 468 g/mol. The molecule has 2 aromatic carbocycles. The number of rotatable bonds is 9. The van der Waals surface area contributed by atoms with Crippen molar-refractivity contribution in [3.05, 3.63) is 113 Å². The van der Waals surface area contributed by atoms with Crippen LogP contribution in [0.25, 0.3) is 0 Å². The molecule has 0 aliphatic heterocycles. The summed E-state index contributed by atoms with van der Waals surface area (Å²) in [6.07, 6.45) is 1.65. The van der Waals surface area contributed by atoms with Gasteiger partial charge in [0.2, 0.25) is 0 Å². The second-order valence-corrected chi connectivity index (χ2v) is 10.2. The average molecular weight is 469 g/mol. The van der Waals surface area contributed by atoms with Gasteiger partial charge in [0.25, 0.3) is 10.0 Å². The molecule has 0 fully saturated rings. The first-order chi connectivity index (χ1) is 15.5. The van der Waals surface area contributed by atoms with Gasteiger partial charge in [-0.2, -0.15) is 4.31 Å². The number of ether oxygens (including phenoxy) is 1. The summed E-state index contributed by atoms with van der Waals surface area (Å²) in [5.74, 6) is 0.316. The Hall–Kier alpha value is -3.07. The zero-order valence-electron chi connectivity index (χ0n) is 17.1. The van der Waals surface area contributed by atoms with Crippen molar-refractivity contribution in [1.29, 1.82) is 0 Å². The molecule has 0 aliphatic carbocycles. The van der Waals surface area contributed by atoms with Crippen molar-refractivity contribution in [2.75, 3.05) is 0 Å². The van der Waals surface area contributed by atoms with Crippen LogP contribution >= 0.6 is 11.3 Å². The van der Waals surface area contributed by atoms with E-state index in [1.54, 1.807) is 60.1 Å². The first-order valence-electron chi connectivity index (χ1n) is 9.90. The van der Waals surface area contributed by atoms with Crippen molar-refractivity contribution < 1.29 is 17.5 Å². The van der Waals surface area contributed by atoms with Crippen molar-refractivity contribution in [2.45, 2.75) is 23.9 Å². The van der Waals surface area contributed by atoms with Gasteiger partial charge in [0, 0.05) is 12.7 Å². The molecule has 0 saturated heterocycles. The molecule has 0 atom stereocenters. The lowest BCUT2D eigenvalue weighted by Crippen LogP contribution is -2.30. The SMILES string of the molecule is O=S(=O)(c1cccs1)N(Cc1ccc(OCc2cccc(F)c2)cc1)Cc1ccccn1. The van der Waals surface area contributed by atoms with Crippen LogP contribution in [0.15, 0.2) is 94.6 Å². The molecule has 32 heavy (non-hydrogen) atoms. The number of nitrogens with zero attached hydrogens (tertiary/aromatic N) is 2. The molecule has 4 rings (SSSR count). The summed E-state index contributed by atoms with van der Waals surface area (Å²) >= 11 is 1.19. The van der Waals surface area contributed by atoms with Gasteiger partial charge in [-0.1, -0.05) is 36.4 Å². The summed E-state index contributed by atoms with van der Waals surface area (Å²) in [5, 5.41) is 1.75. The van der Waals surface area contributed by atoms with Crippen LogP contribution in [0.5, 0.6) is 5.75 Å². The third-order valence-corrected chi connectivity index (χ3v) is 7.90. The van der Waals surface area contributed by atoms with E-state index in [0.29, 0.717) is 15.7 Å². The van der Waals surface area contributed by atoms with E-state index in [0.717, 1.165) is 11.1 Å². The zero-order valence-corrected chi connectivity index (χ0v) is 18.7. The fraction of sp³-hybridized carbons (Fsp3) is 0.125. The van der Waals surface area contributed by atoms with E-state index in [4.69, 9.17) is 4.74 Å². The van der Waals surface area contributed by atoms with E-state index in [1.807, 2.05) is 18.2 Å². The Bertz CT molecular complexity index is 1250. The molecule has 0 aliphatic rings. The van der Waals surface area contributed by atoms with E-state index < -0.39 is 10.0 Å². The highest BCUT2D eigenvalue weighted by atomic mass is 32.2. The van der Waals surface area contributed by atoms with Crippen LogP contribution in [-0.2, 0) is 29.7 Å². The van der Waals surface area contributed by atoms with E-state index >= 15 is 0 Å². The smallest absolute Gasteiger partial charge is 0.253 e. The Morgan fingerprint density at radius 3 is 2.44 bits per heavy atom. The maximum atomic E-state index is 13.3. The largest absolute Gasteiger partial charge is 0.489 e. The molecule has 2 heterocycles. The minimum Gasteiger partial charge on any atom is -0.489 e. The Kier molecular flexibility index (Phi) is 6.94. The number of halogens is 1. The van der Waals surface area contributed by atoms with Gasteiger partial charge in [-0.15, -0.1) is 11.3 Å². The van der Waals surface area contributed by atoms with Crippen LogP contribution in [0.4, 0.5) is 4.39 Å². The lowest BCUT2D eigenvalue weighted by molar-refractivity contribution is 0.305. The second-order valence-electron chi connectivity index (χ2n) is 7.09. The van der Waals surface area contributed by atoms with Gasteiger partial charge >= 0.3 is 0 Å². The minimum absolute atomic E-state index is 0.166. The van der Waals surface area contributed by atoms with Gasteiger partial charge < -0.3 is 4.74 Å². The number of aromatic nitrogens is 1. The number of pyridine rings is 1. The third kappa shape index (κ3) is 5.59. The molecular weight excluding hydrogens is 447 g/mol. The highest BCUT2D eigenvalue weighted by molar-refractivity contribution is 7.91. The van der Waals surface area contributed by atoms with Crippen LogP contribution in [-0.4, -0.2) is 17.7 Å². The normalized spacial score (nSPS) is 11.6. The quantitative estimate of drug-likeness (QED) is 0.337. The summed E-state index contributed by atoms with van der Waals surface area (Å²) in [5.41, 5.74) is 2.22. The number of sulfonamides is 1. The van der Waals surface area contributed by atoms with Crippen LogP contribution in [0.3, 0.4) is 0 Å². The fourth-order valence-electron chi connectivity index (χ4n) is 3.12. The summed E-state index contributed by atoms with van der Waals surface area (Å²) in [6, 6.07) is 22.2. The Labute approximate surface area is 190 Å². The van der Waals surface area contributed by atoms with Gasteiger partial charge in [-0.3, -0.25) is 4.98 Å². The minimum atomic E-state index is -3.67. The molecule has 0 bridgehead atoms. The molecule has 2 aromatic heterocycles. The Morgan fingerprint density at radius 2 is 1.75 bits per heavy atom. The van der Waals surface area contributed by atoms with Gasteiger partial charge in [0.05, 0.1) is 12.2 Å². The van der Waals surface area contributed by atoms with Crippen LogP contribution in [0.2, 0.25) is 0 Å². The summed E-state index contributed by atoms with van der Waals surface area (Å²) in [4.78, 5) is 4.28. The predicted molar refractivity (Wildman–Crippen MR) is 122 cm³/mol. The molecule has 0 radical (unpaired) electrons. The van der Waals surface area contributed by atoms with Gasteiger partial charge in [-0.25, -0.2) is 12.8 Å². The number of benzene rings is 2. The fourth-order valence-corrected chi connectivity index (χ4v) is 5.67. The predicted octanol–water partition coefficient (Wildman–Crippen LogP) is 5.25. The van der Waals surface area contributed by atoms with E-state index in [-0.39, 0.29) is 25.5 Å². The van der Waals surface area contributed by atoms with Crippen molar-refractivity contribution in [2.24, 2.45) is 0 Å². The molecule has 0 spiro atoms. The number of thiophene rings is 1. The third-order valence-electron chi connectivity index (χ3n) is 4.73. The van der Waals surface area contributed by atoms with Gasteiger partial charge in [0.1, 0.15) is 22.4 Å². The second kappa shape index (κ2) is 10.0. The topological polar surface area (TPSA) is 59.5 Å². The highest BCUT2D eigenvalue weighted by Crippen LogP contribution is 2.25. The summed E-state index contributed by atoms with van der Waals surface area (Å²) in [6.45, 7) is 0.607. The first-order valence-corrected chi connectivity index (χ1v) is 12.2. The lowest BCUT2D eigenvalue weighted by atomic mass is 10.2. The summed E-state index contributed by atoms with van der Waals surface area (Å²) in [7, 11) is -3.67. The zero-order chi connectivity index (χ0) is 22.4. The molecule has 0 N–H and O–H groups in total. The maximum Gasteiger partial charge on any atom is 0.253 e. The van der Waals surface area contributed by atoms with Crippen LogP contribution in [0, 0.1) is 5.82 Å². The van der Waals surface area contributed by atoms with E-state index in [9.17, 15) is 12.8 Å². The van der Waals surface area contributed by atoms with Crippen molar-refractivity contribution in [3.8, 4) is 5.75 Å². The molecule has 0 saturated carbocycles. The van der Waals surface area contributed by atoms with Crippen molar-refractivity contribution >= 4 is 21.4 Å². The molecule has 0 amide bonds. The maximum absolute atomic E-state index is 13.3. The molecule has 5 nitrogen and oxygen atoms in total. The van der Waals surface area contributed by atoms with E-state index in [2.05, 4.69) is 4.98 Å². The Balaban J connectivity index is 1.49. The molecule has 4 aromatic rings. The van der Waals surface area contributed by atoms with E-state index in [1.165, 1.54) is 27.8 Å². The van der Waals surface area contributed by atoms with Gasteiger partial charge in [0.15, 0.2) is 0 Å². The van der Waals surface area contributed by atoms with Crippen LogP contribution in [0.1, 0.15) is 16.8 Å². The molecule has 8 heteroatoms. The summed E-state index contributed by atoms with van der Waals surface area (Å²) < 4.78 is 47.2. The standard InChI is InChI=1S/C24H21FN2O3S2/c25-21-6-3-5-20(15-21)18-30-23-11-9-19(10-12-23)16-27(17-22-7-1-2-13-26-22)32(28,29)24-8-4-14-31-24/h1-15H,16-18H2. The number of hydrogen-bond donors (Lipinski definition) is 0. The van der Waals surface area contributed by atoms with Crippen LogP contribution < -0.4 is 4.74 Å². The molecular formula is C24H21FN2O3S2. The number of hydrogen-bond acceptors (Lipinski definition) is 5. The highest BCUT2D eigenvalue weighted by Gasteiger charge is 2.26. The van der Waals surface area contributed by atoms with Crippen molar-refractivity contribution in [1.82, 2.24) is 9.29 Å². The average Bonchev–Trinajstić information content (AvgIpc) is 3.35. The molecule has 0 unspecified atom stereocenters.